The highest BCUT2D eigenvalue weighted by Gasteiger charge is 2.17. The lowest BCUT2D eigenvalue weighted by Gasteiger charge is -2.25. The zero-order chi connectivity index (χ0) is 11.5. The molecule has 0 atom stereocenters. The van der Waals surface area contributed by atoms with Gasteiger partial charge in [-0.2, -0.15) is 0 Å². The van der Waals surface area contributed by atoms with Gasteiger partial charge in [0.15, 0.2) is 0 Å². The van der Waals surface area contributed by atoms with Crippen LogP contribution in [-0.4, -0.2) is 23.8 Å². The van der Waals surface area contributed by atoms with Gasteiger partial charge >= 0.3 is 0 Å². The third kappa shape index (κ3) is 2.97. The summed E-state index contributed by atoms with van der Waals surface area (Å²) in [5.41, 5.74) is 0.990. The van der Waals surface area contributed by atoms with Gasteiger partial charge in [0.2, 0.25) is 0 Å². The third-order valence-electron chi connectivity index (χ3n) is 2.73. The molecule has 0 unspecified atom stereocenters. The molecule has 0 aliphatic carbocycles. The first-order chi connectivity index (χ1) is 7.65. The van der Waals surface area contributed by atoms with Crippen LogP contribution in [0.4, 0.5) is 0 Å². The first-order valence-corrected chi connectivity index (χ1v) is 6.09. The highest BCUT2D eigenvalue weighted by molar-refractivity contribution is 6.33. The lowest BCUT2D eigenvalue weighted by Crippen LogP contribution is -2.35. The van der Waals surface area contributed by atoms with E-state index in [-0.39, 0.29) is 0 Å². The molecule has 1 aromatic carbocycles. The quantitative estimate of drug-likeness (QED) is 0.812. The van der Waals surface area contributed by atoms with E-state index in [2.05, 4.69) is 4.90 Å². The van der Waals surface area contributed by atoms with Crippen LogP contribution in [0.25, 0.3) is 0 Å². The van der Waals surface area contributed by atoms with E-state index in [1.54, 1.807) is 12.1 Å². The summed E-state index contributed by atoms with van der Waals surface area (Å²) in [6, 6.07) is 5.43. The Morgan fingerprint density at radius 3 is 2.88 bits per heavy atom. The smallest absolute Gasteiger partial charge is 0.146 e. The van der Waals surface area contributed by atoms with Gasteiger partial charge in [-0.05, 0) is 36.7 Å². The average Bonchev–Trinajstić information content (AvgIpc) is 2.24. The number of ketones is 1. The van der Waals surface area contributed by atoms with Gasteiger partial charge in [0.25, 0.3) is 0 Å². The van der Waals surface area contributed by atoms with Crippen molar-refractivity contribution >= 4 is 29.0 Å². The largest absolute Gasteiger partial charge is 0.298 e. The van der Waals surface area contributed by atoms with E-state index >= 15 is 0 Å². The number of hydrogen-bond donors (Lipinski definition) is 0. The van der Waals surface area contributed by atoms with Gasteiger partial charge in [-0.25, -0.2) is 0 Å². The molecule has 0 aromatic heterocycles. The Balaban J connectivity index is 2.08. The van der Waals surface area contributed by atoms with Gasteiger partial charge < -0.3 is 0 Å². The minimum atomic E-state index is 0.310. The fraction of sp³-hybridized carbons (Fsp3) is 0.417. The number of hydrogen-bond acceptors (Lipinski definition) is 2. The van der Waals surface area contributed by atoms with Crippen LogP contribution in [0, 0.1) is 0 Å². The zero-order valence-corrected chi connectivity index (χ0v) is 10.4. The van der Waals surface area contributed by atoms with E-state index in [0.717, 1.165) is 18.5 Å². The van der Waals surface area contributed by atoms with Crippen LogP contribution in [0.15, 0.2) is 18.2 Å². The second-order valence-corrected chi connectivity index (χ2v) is 4.93. The fourth-order valence-corrected chi connectivity index (χ4v) is 2.32. The molecule has 0 amide bonds. The van der Waals surface area contributed by atoms with E-state index in [9.17, 15) is 4.79 Å². The summed E-state index contributed by atoms with van der Waals surface area (Å²) in [4.78, 5) is 13.4. The SMILES string of the molecule is O=C1CCCN(Cc2cc(Cl)ccc2Cl)C1. The monoisotopic (exact) mass is 257 g/mol. The van der Waals surface area contributed by atoms with Crippen LogP contribution in [0.5, 0.6) is 0 Å². The van der Waals surface area contributed by atoms with Gasteiger partial charge in [0, 0.05) is 23.0 Å². The molecule has 2 rings (SSSR count). The summed E-state index contributed by atoms with van der Waals surface area (Å²) in [7, 11) is 0. The molecule has 86 valence electrons. The average molecular weight is 258 g/mol. The van der Waals surface area contributed by atoms with Crippen molar-refractivity contribution in [3.8, 4) is 0 Å². The van der Waals surface area contributed by atoms with Gasteiger partial charge in [-0.1, -0.05) is 23.2 Å². The van der Waals surface area contributed by atoms with E-state index in [4.69, 9.17) is 23.2 Å². The highest BCUT2D eigenvalue weighted by atomic mass is 35.5. The molecule has 0 spiro atoms. The molecular weight excluding hydrogens is 245 g/mol. The normalized spacial score (nSPS) is 17.8. The van der Waals surface area contributed by atoms with Crippen LogP contribution in [0.2, 0.25) is 10.0 Å². The number of piperidine rings is 1. The van der Waals surface area contributed by atoms with Crippen molar-refractivity contribution in [2.75, 3.05) is 13.1 Å². The van der Waals surface area contributed by atoms with Gasteiger partial charge in [-0.3, -0.25) is 9.69 Å². The first-order valence-electron chi connectivity index (χ1n) is 5.33. The van der Waals surface area contributed by atoms with Crippen LogP contribution < -0.4 is 0 Å². The summed E-state index contributed by atoms with van der Waals surface area (Å²) in [5.74, 6) is 0.310. The maximum absolute atomic E-state index is 11.3. The maximum atomic E-state index is 11.3. The molecule has 0 radical (unpaired) electrons. The Hall–Kier alpha value is -0.570. The van der Waals surface area contributed by atoms with E-state index in [0.29, 0.717) is 35.3 Å². The van der Waals surface area contributed by atoms with Crippen molar-refractivity contribution in [2.24, 2.45) is 0 Å². The minimum absolute atomic E-state index is 0.310. The van der Waals surface area contributed by atoms with Gasteiger partial charge in [0.1, 0.15) is 5.78 Å². The summed E-state index contributed by atoms with van der Waals surface area (Å²) in [5, 5.41) is 1.39. The van der Waals surface area contributed by atoms with Crippen molar-refractivity contribution in [3.05, 3.63) is 33.8 Å². The molecule has 2 nitrogen and oxygen atoms in total. The Kier molecular flexibility index (Phi) is 3.85. The molecule has 4 heteroatoms. The lowest BCUT2D eigenvalue weighted by atomic mass is 10.1. The molecule has 1 fully saturated rings. The van der Waals surface area contributed by atoms with E-state index in [1.165, 1.54) is 0 Å². The van der Waals surface area contributed by atoms with E-state index in [1.807, 2.05) is 6.07 Å². The standard InChI is InChI=1S/C12H13Cl2NO/c13-10-3-4-12(14)9(6-10)7-15-5-1-2-11(16)8-15/h3-4,6H,1-2,5,7-8H2. The second kappa shape index (κ2) is 5.17. The van der Waals surface area contributed by atoms with Crippen molar-refractivity contribution in [3.63, 3.8) is 0 Å². The van der Waals surface area contributed by atoms with Crippen molar-refractivity contribution < 1.29 is 4.79 Å². The number of rotatable bonds is 2. The summed E-state index contributed by atoms with van der Waals surface area (Å²) in [6.07, 6.45) is 1.65. The van der Waals surface area contributed by atoms with Crippen LogP contribution in [-0.2, 0) is 11.3 Å². The highest BCUT2D eigenvalue weighted by Crippen LogP contribution is 2.22. The second-order valence-electron chi connectivity index (χ2n) is 4.09. The van der Waals surface area contributed by atoms with Crippen LogP contribution in [0.3, 0.4) is 0 Å². The Morgan fingerprint density at radius 1 is 1.31 bits per heavy atom. The molecule has 1 saturated heterocycles. The Bertz CT molecular complexity index is 406. The maximum Gasteiger partial charge on any atom is 0.146 e. The molecule has 1 heterocycles. The molecule has 0 saturated carbocycles. The predicted molar refractivity (Wildman–Crippen MR) is 66.0 cm³/mol. The molecule has 1 aromatic rings. The molecule has 1 aliphatic heterocycles. The predicted octanol–water partition coefficient (Wildman–Crippen LogP) is 3.16. The van der Waals surface area contributed by atoms with Crippen LogP contribution >= 0.6 is 23.2 Å². The van der Waals surface area contributed by atoms with Gasteiger partial charge in [0.05, 0.1) is 6.54 Å². The topological polar surface area (TPSA) is 20.3 Å². The Morgan fingerprint density at radius 2 is 2.12 bits per heavy atom. The minimum Gasteiger partial charge on any atom is -0.298 e. The number of Topliss-reactive ketones (excluding diaryl/α,β-unsaturated/α-hetero) is 1. The molecule has 1 aliphatic rings. The molecular formula is C12H13Cl2NO. The zero-order valence-electron chi connectivity index (χ0n) is 8.88. The van der Waals surface area contributed by atoms with Crippen molar-refractivity contribution in [1.82, 2.24) is 4.90 Å². The molecule has 0 bridgehead atoms. The number of likely N-dealkylation sites (tertiary alicyclic amines) is 1. The van der Waals surface area contributed by atoms with Crippen molar-refractivity contribution in [2.45, 2.75) is 19.4 Å². The molecule has 0 N–H and O–H groups in total. The fourth-order valence-electron chi connectivity index (χ4n) is 1.95. The van der Waals surface area contributed by atoms with Crippen LogP contribution in [0.1, 0.15) is 18.4 Å². The first kappa shape index (κ1) is 11.9. The van der Waals surface area contributed by atoms with E-state index < -0.39 is 0 Å². The summed E-state index contributed by atoms with van der Waals surface area (Å²) < 4.78 is 0. The Labute approximate surface area is 105 Å². The van der Waals surface area contributed by atoms with Crippen molar-refractivity contribution in [1.29, 1.82) is 0 Å². The number of carbonyl (C=O) groups is 1. The summed E-state index contributed by atoms with van der Waals surface area (Å²) >= 11 is 12.0. The number of halogens is 2. The number of nitrogens with zero attached hydrogens (tertiary/aromatic N) is 1. The molecule has 16 heavy (non-hydrogen) atoms. The number of benzene rings is 1. The van der Waals surface area contributed by atoms with Gasteiger partial charge in [-0.15, -0.1) is 0 Å². The summed E-state index contributed by atoms with van der Waals surface area (Å²) in [6.45, 7) is 2.18. The lowest BCUT2D eigenvalue weighted by molar-refractivity contribution is -0.122. The third-order valence-corrected chi connectivity index (χ3v) is 3.34. The number of carbonyl (C=O) groups excluding carboxylic acids is 1.